The van der Waals surface area contributed by atoms with Crippen LogP contribution in [-0.2, 0) is 9.53 Å². The predicted octanol–water partition coefficient (Wildman–Crippen LogP) is -0.0825. The van der Waals surface area contributed by atoms with Gasteiger partial charge >= 0.3 is 0 Å². The van der Waals surface area contributed by atoms with E-state index < -0.39 is 0 Å². The van der Waals surface area contributed by atoms with Crippen LogP contribution in [0.5, 0.6) is 0 Å². The van der Waals surface area contributed by atoms with Crippen molar-refractivity contribution in [1.29, 1.82) is 0 Å². The van der Waals surface area contributed by atoms with E-state index in [0.717, 1.165) is 39.1 Å². The largest absolute Gasteiger partial charge is 0.363 e. The Morgan fingerprint density at radius 3 is 2.78 bits per heavy atom. The molecule has 0 aliphatic carbocycles. The minimum Gasteiger partial charge on any atom is -0.363 e. The molecule has 2 saturated heterocycles. The second kappa shape index (κ2) is 5.55. The highest BCUT2D eigenvalue weighted by molar-refractivity contribution is 5.77. The van der Waals surface area contributed by atoms with E-state index in [1.807, 2.05) is 4.90 Å². The molecule has 2 heterocycles. The van der Waals surface area contributed by atoms with Crippen LogP contribution < -0.4 is 5.32 Å². The molecular weight excluding hydrogens is 230 g/mol. The molecule has 1 amide bonds. The van der Waals surface area contributed by atoms with Gasteiger partial charge in [0.05, 0.1) is 5.60 Å². The van der Waals surface area contributed by atoms with Crippen LogP contribution in [0.3, 0.4) is 0 Å². The number of carbonyl (C=O) groups excluding carboxylic acids is 1. The molecule has 0 aromatic heterocycles. The summed E-state index contributed by atoms with van der Waals surface area (Å²) < 4.78 is 5.73. The predicted molar refractivity (Wildman–Crippen MR) is 70.5 cm³/mol. The molecule has 0 aromatic rings. The lowest BCUT2D eigenvalue weighted by molar-refractivity contribution is -0.147. The number of nitrogens with one attached hydrogen (secondary N) is 1. The van der Waals surface area contributed by atoms with Crippen LogP contribution in [0, 0.1) is 0 Å². The zero-order valence-electron chi connectivity index (χ0n) is 11.7. The SMILES string of the molecule is CC1CN(C)CCCN1C(=O)COC1(C)CNC1. The van der Waals surface area contributed by atoms with Gasteiger partial charge in [-0.05, 0) is 33.9 Å². The van der Waals surface area contributed by atoms with Crippen LogP contribution in [0.15, 0.2) is 0 Å². The first-order chi connectivity index (χ1) is 8.50. The van der Waals surface area contributed by atoms with Gasteiger partial charge < -0.3 is 19.9 Å². The molecule has 0 aromatic carbocycles. The van der Waals surface area contributed by atoms with E-state index in [1.165, 1.54) is 0 Å². The van der Waals surface area contributed by atoms with Gasteiger partial charge in [-0.3, -0.25) is 4.79 Å². The zero-order chi connectivity index (χ0) is 13.2. The highest BCUT2D eigenvalue weighted by Gasteiger charge is 2.34. The van der Waals surface area contributed by atoms with Crippen molar-refractivity contribution in [2.45, 2.75) is 31.9 Å². The molecule has 0 spiro atoms. The number of amides is 1. The number of nitrogens with zero attached hydrogens (tertiary/aromatic N) is 2. The van der Waals surface area contributed by atoms with Gasteiger partial charge in [-0.25, -0.2) is 0 Å². The van der Waals surface area contributed by atoms with E-state index in [-0.39, 0.29) is 24.2 Å². The maximum Gasteiger partial charge on any atom is 0.248 e. The van der Waals surface area contributed by atoms with Gasteiger partial charge in [0, 0.05) is 32.2 Å². The van der Waals surface area contributed by atoms with Crippen molar-refractivity contribution >= 4 is 5.91 Å². The fraction of sp³-hybridized carbons (Fsp3) is 0.923. The van der Waals surface area contributed by atoms with Crippen molar-refractivity contribution in [2.75, 3.05) is 46.4 Å². The molecule has 0 bridgehead atoms. The fourth-order valence-corrected chi connectivity index (χ4v) is 2.64. The van der Waals surface area contributed by atoms with Crippen LogP contribution in [-0.4, -0.2) is 73.7 Å². The monoisotopic (exact) mass is 255 g/mol. The lowest BCUT2D eigenvalue weighted by Gasteiger charge is -2.39. The van der Waals surface area contributed by atoms with Gasteiger partial charge in [0.2, 0.25) is 5.91 Å². The maximum atomic E-state index is 12.2. The highest BCUT2D eigenvalue weighted by atomic mass is 16.5. The molecule has 5 nitrogen and oxygen atoms in total. The summed E-state index contributed by atoms with van der Waals surface area (Å²) in [5.41, 5.74) is -0.137. The molecule has 0 radical (unpaired) electrons. The van der Waals surface area contributed by atoms with Gasteiger partial charge in [0.25, 0.3) is 0 Å². The highest BCUT2D eigenvalue weighted by Crippen LogP contribution is 2.16. The Kier molecular flexibility index (Phi) is 4.25. The third-order valence-corrected chi connectivity index (χ3v) is 3.91. The second-order valence-corrected chi connectivity index (χ2v) is 5.89. The molecule has 2 fully saturated rings. The van der Waals surface area contributed by atoms with E-state index >= 15 is 0 Å². The van der Waals surface area contributed by atoms with Gasteiger partial charge in [-0.2, -0.15) is 0 Å². The van der Waals surface area contributed by atoms with E-state index in [9.17, 15) is 4.79 Å². The standard InChI is InChI=1S/C13H25N3O2/c1-11-7-15(3)5-4-6-16(11)12(17)8-18-13(2)9-14-10-13/h11,14H,4-10H2,1-3H3. The number of ether oxygens (including phenoxy) is 1. The van der Waals surface area contributed by atoms with Crippen LogP contribution >= 0.6 is 0 Å². The van der Waals surface area contributed by atoms with E-state index in [1.54, 1.807) is 0 Å². The first-order valence-electron chi connectivity index (χ1n) is 6.83. The summed E-state index contributed by atoms with van der Waals surface area (Å²) in [6.07, 6.45) is 1.05. The molecule has 18 heavy (non-hydrogen) atoms. The summed E-state index contributed by atoms with van der Waals surface area (Å²) in [5.74, 6) is 0.130. The fourth-order valence-electron chi connectivity index (χ4n) is 2.64. The zero-order valence-corrected chi connectivity index (χ0v) is 11.7. The molecular formula is C13H25N3O2. The number of hydrogen-bond donors (Lipinski definition) is 1. The summed E-state index contributed by atoms with van der Waals surface area (Å²) in [6, 6.07) is 0.279. The van der Waals surface area contributed by atoms with Crippen molar-refractivity contribution in [3.05, 3.63) is 0 Å². The third kappa shape index (κ3) is 3.22. The summed E-state index contributed by atoms with van der Waals surface area (Å²) in [7, 11) is 2.11. The summed E-state index contributed by atoms with van der Waals surface area (Å²) in [4.78, 5) is 16.5. The van der Waals surface area contributed by atoms with E-state index in [2.05, 4.69) is 31.1 Å². The van der Waals surface area contributed by atoms with Crippen molar-refractivity contribution in [3.8, 4) is 0 Å². The normalized spacial score (nSPS) is 28.6. The molecule has 5 heteroatoms. The lowest BCUT2D eigenvalue weighted by Crippen LogP contribution is -2.60. The average Bonchev–Trinajstić information content (AvgIpc) is 2.44. The molecule has 2 aliphatic rings. The first-order valence-corrected chi connectivity index (χ1v) is 6.83. The Morgan fingerprint density at radius 2 is 2.17 bits per heavy atom. The molecule has 1 atom stereocenters. The number of carbonyl (C=O) groups is 1. The van der Waals surface area contributed by atoms with Crippen LogP contribution in [0.25, 0.3) is 0 Å². The molecule has 0 saturated carbocycles. The number of likely N-dealkylation sites (N-methyl/N-ethyl adjacent to an activating group) is 1. The smallest absolute Gasteiger partial charge is 0.248 e. The summed E-state index contributed by atoms with van der Waals surface area (Å²) in [6.45, 7) is 8.94. The Labute approximate surface area is 109 Å². The van der Waals surface area contributed by atoms with E-state index in [0.29, 0.717) is 0 Å². The first kappa shape index (κ1) is 13.8. The number of hydrogen-bond acceptors (Lipinski definition) is 4. The molecule has 104 valence electrons. The lowest BCUT2D eigenvalue weighted by atomic mass is 10.0. The second-order valence-electron chi connectivity index (χ2n) is 5.89. The van der Waals surface area contributed by atoms with Crippen molar-refractivity contribution < 1.29 is 9.53 Å². The van der Waals surface area contributed by atoms with Crippen LogP contribution in [0.2, 0.25) is 0 Å². The Bertz CT molecular complexity index is 305. The Morgan fingerprint density at radius 1 is 1.44 bits per heavy atom. The third-order valence-electron chi connectivity index (χ3n) is 3.91. The topological polar surface area (TPSA) is 44.8 Å². The van der Waals surface area contributed by atoms with Gasteiger partial charge in [-0.15, -0.1) is 0 Å². The quantitative estimate of drug-likeness (QED) is 0.766. The molecule has 2 aliphatic heterocycles. The van der Waals surface area contributed by atoms with Crippen molar-refractivity contribution in [2.24, 2.45) is 0 Å². The minimum atomic E-state index is -0.137. The summed E-state index contributed by atoms with van der Waals surface area (Å²) >= 11 is 0. The van der Waals surface area contributed by atoms with Crippen molar-refractivity contribution in [1.82, 2.24) is 15.1 Å². The Hall–Kier alpha value is -0.650. The van der Waals surface area contributed by atoms with Gasteiger partial charge in [-0.1, -0.05) is 0 Å². The van der Waals surface area contributed by atoms with Crippen LogP contribution in [0.1, 0.15) is 20.3 Å². The molecule has 1 unspecified atom stereocenters. The number of rotatable bonds is 3. The van der Waals surface area contributed by atoms with Gasteiger partial charge in [0.15, 0.2) is 0 Å². The van der Waals surface area contributed by atoms with Crippen LogP contribution in [0.4, 0.5) is 0 Å². The van der Waals surface area contributed by atoms with E-state index in [4.69, 9.17) is 4.74 Å². The van der Waals surface area contributed by atoms with Crippen molar-refractivity contribution in [3.63, 3.8) is 0 Å². The molecule has 1 N–H and O–H groups in total. The Balaban J connectivity index is 1.83. The average molecular weight is 255 g/mol. The minimum absolute atomic E-state index is 0.130. The molecule has 2 rings (SSSR count). The maximum absolute atomic E-state index is 12.2. The summed E-state index contributed by atoms with van der Waals surface area (Å²) in [5, 5.41) is 3.17. The van der Waals surface area contributed by atoms with Gasteiger partial charge in [0.1, 0.15) is 6.61 Å².